The summed E-state index contributed by atoms with van der Waals surface area (Å²) in [5, 5.41) is 0. The topological polar surface area (TPSA) is 26.3 Å². The van der Waals surface area contributed by atoms with Crippen molar-refractivity contribution in [2.45, 2.75) is 51.5 Å². The minimum atomic E-state index is 0.296. The second-order valence-corrected chi connectivity index (χ2v) is 9.24. The van der Waals surface area contributed by atoms with Gasteiger partial charge in [0.1, 0.15) is 12.3 Å². The first-order valence-electron chi connectivity index (χ1n) is 11.3. The fourth-order valence-electron chi connectivity index (χ4n) is 4.88. The highest BCUT2D eigenvalue weighted by Gasteiger charge is 2.30. The van der Waals surface area contributed by atoms with Gasteiger partial charge in [0.25, 0.3) is 0 Å². The Balaban J connectivity index is 1.27. The molecule has 0 aromatic heterocycles. The van der Waals surface area contributed by atoms with Crippen LogP contribution in [0.3, 0.4) is 0 Å². The molecular formula is C26H34NO2+. The van der Waals surface area contributed by atoms with Gasteiger partial charge in [0.05, 0.1) is 26.7 Å². The van der Waals surface area contributed by atoms with Crippen molar-refractivity contribution in [2.24, 2.45) is 5.92 Å². The Hall–Kier alpha value is -2.13. The maximum atomic E-state index is 12.8. The lowest BCUT2D eigenvalue weighted by Gasteiger charge is -2.40. The van der Waals surface area contributed by atoms with Gasteiger partial charge in [0, 0.05) is 17.5 Å². The van der Waals surface area contributed by atoms with Gasteiger partial charge in [-0.1, -0.05) is 30.3 Å². The van der Waals surface area contributed by atoms with E-state index in [0.29, 0.717) is 18.1 Å². The number of fused-ring (bicyclic) bond motifs is 1. The summed E-state index contributed by atoms with van der Waals surface area (Å²) < 4.78 is 6.91. The van der Waals surface area contributed by atoms with Crippen molar-refractivity contribution in [2.75, 3.05) is 26.7 Å². The molecule has 1 saturated heterocycles. The summed E-state index contributed by atoms with van der Waals surface area (Å²) in [4.78, 5) is 12.8. The number of Topliss-reactive ketones (excluding diaryl/α,β-unsaturated/α-hetero) is 1. The number of hydrogen-bond acceptors (Lipinski definition) is 2. The first-order chi connectivity index (χ1) is 14.1. The molecule has 0 radical (unpaired) electrons. The van der Waals surface area contributed by atoms with E-state index in [2.05, 4.69) is 43.4 Å². The number of aryl methyl sites for hydroxylation is 1. The molecule has 3 nitrogen and oxygen atoms in total. The van der Waals surface area contributed by atoms with Crippen molar-refractivity contribution in [3.63, 3.8) is 0 Å². The van der Waals surface area contributed by atoms with Crippen molar-refractivity contribution < 1.29 is 14.0 Å². The van der Waals surface area contributed by atoms with E-state index in [0.717, 1.165) is 54.6 Å². The third-order valence-corrected chi connectivity index (χ3v) is 6.82. The minimum Gasteiger partial charge on any atom is -0.493 e. The molecule has 2 aliphatic heterocycles. The summed E-state index contributed by atoms with van der Waals surface area (Å²) in [6.45, 7) is 4.33. The highest BCUT2D eigenvalue weighted by molar-refractivity contribution is 5.96. The first-order valence-corrected chi connectivity index (χ1v) is 11.3. The predicted octanol–water partition coefficient (Wildman–Crippen LogP) is 5.42. The van der Waals surface area contributed by atoms with E-state index in [1.165, 1.54) is 37.1 Å². The lowest BCUT2D eigenvalue weighted by Crippen LogP contribution is -2.49. The lowest BCUT2D eigenvalue weighted by molar-refractivity contribution is -0.928. The molecule has 2 aromatic carbocycles. The van der Waals surface area contributed by atoms with Crippen LogP contribution in [0.15, 0.2) is 48.5 Å². The zero-order valence-electron chi connectivity index (χ0n) is 17.7. The van der Waals surface area contributed by atoms with Crippen LogP contribution in [0.2, 0.25) is 0 Å². The van der Waals surface area contributed by atoms with Crippen molar-refractivity contribution in [3.05, 3.63) is 65.2 Å². The molecule has 2 heterocycles. The van der Waals surface area contributed by atoms with Gasteiger partial charge in [-0.05, 0) is 68.2 Å². The summed E-state index contributed by atoms with van der Waals surface area (Å²) in [6.07, 6.45) is 7.43. The number of carbonyl (C=O) groups excluding carboxylic acids is 1. The quantitative estimate of drug-likeness (QED) is 0.484. The Bertz CT molecular complexity index is 822. The second kappa shape index (κ2) is 9.13. The number of nitrogens with zero attached hydrogens (tertiary/aromatic N) is 1. The number of rotatable bonds is 6. The summed E-state index contributed by atoms with van der Waals surface area (Å²) >= 11 is 0. The molecule has 0 saturated carbocycles. The molecule has 0 bridgehead atoms. The first kappa shape index (κ1) is 20.2. The third kappa shape index (κ3) is 5.27. The fourth-order valence-corrected chi connectivity index (χ4v) is 4.88. The van der Waals surface area contributed by atoms with Gasteiger partial charge < -0.3 is 9.22 Å². The van der Waals surface area contributed by atoms with E-state index in [1.807, 2.05) is 12.1 Å². The molecule has 0 unspecified atom stereocenters. The monoisotopic (exact) mass is 392 g/mol. The van der Waals surface area contributed by atoms with Gasteiger partial charge in [-0.2, -0.15) is 0 Å². The molecule has 4 rings (SSSR count). The second-order valence-electron chi connectivity index (χ2n) is 9.24. The van der Waals surface area contributed by atoms with Crippen molar-refractivity contribution >= 4 is 5.78 Å². The Morgan fingerprint density at radius 2 is 1.86 bits per heavy atom. The van der Waals surface area contributed by atoms with Crippen LogP contribution in [0, 0.1) is 5.92 Å². The molecule has 0 spiro atoms. The van der Waals surface area contributed by atoms with Crippen LogP contribution in [-0.2, 0) is 13.0 Å². The largest absolute Gasteiger partial charge is 0.493 e. The molecule has 154 valence electrons. The summed E-state index contributed by atoms with van der Waals surface area (Å²) in [7, 11) is 2.38. The number of ketones is 1. The zero-order valence-corrected chi connectivity index (χ0v) is 17.7. The van der Waals surface area contributed by atoms with Gasteiger partial charge >= 0.3 is 0 Å². The summed E-state index contributed by atoms with van der Waals surface area (Å²) in [5.41, 5.74) is 3.51. The molecule has 2 aliphatic rings. The number of likely N-dealkylation sites (tertiary alicyclic amines) is 1. The van der Waals surface area contributed by atoms with Gasteiger partial charge in [0.2, 0.25) is 0 Å². The number of ether oxygens (including phenoxy) is 1. The predicted molar refractivity (Wildman–Crippen MR) is 117 cm³/mol. The Morgan fingerprint density at radius 3 is 2.66 bits per heavy atom. The number of quaternary nitrogens is 1. The van der Waals surface area contributed by atoms with Crippen LogP contribution >= 0.6 is 0 Å². The molecule has 0 atom stereocenters. The standard InChI is InChI=1S/C26H34NO2/c1-27(20-22-7-3-2-4-8-22)16-14-21(15-17-27)10-12-25(28)23-11-13-26-24(19-23)9-5-6-18-29-26/h2-4,7-8,11,13,19,21H,5-6,9-10,12,14-18,20H2,1H3/q+1. The molecule has 2 aromatic rings. The summed E-state index contributed by atoms with van der Waals surface area (Å²) in [5.74, 6) is 1.95. The zero-order chi connectivity index (χ0) is 20.1. The van der Waals surface area contributed by atoms with Crippen molar-refractivity contribution in [1.82, 2.24) is 0 Å². The molecular weight excluding hydrogens is 358 g/mol. The average Bonchev–Trinajstić information content (AvgIpc) is 2.98. The minimum absolute atomic E-state index is 0.296. The molecule has 0 amide bonds. The fraction of sp³-hybridized carbons (Fsp3) is 0.500. The lowest BCUT2D eigenvalue weighted by atomic mass is 9.89. The summed E-state index contributed by atoms with van der Waals surface area (Å²) in [6, 6.07) is 16.9. The van der Waals surface area contributed by atoms with Gasteiger partial charge in [0.15, 0.2) is 5.78 Å². The molecule has 3 heteroatoms. The molecule has 0 aliphatic carbocycles. The van der Waals surface area contributed by atoms with Crippen LogP contribution in [0.4, 0.5) is 0 Å². The molecule has 0 N–H and O–H groups in total. The highest BCUT2D eigenvalue weighted by Crippen LogP contribution is 2.29. The number of carbonyl (C=O) groups is 1. The average molecular weight is 393 g/mol. The number of piperidine rings is 1. The van der Waals surface area contributed by atoms with Gasteiger partial charge in [-0.3, -0.25) is 4.79 Å². The maximum Gasteiger partial charge on any atom is 0.162 e. The van der Waals surface area contributed by atoms with E-state index in [-0.39, 0.29) is 0 Å². The van der Waals surface area contributed by atoms with E-state index in [1.54, 1.807) is 0 Å². The highest BCUT2D eigenvalue weighted by atomic mass is 16.5. The van der Waals surface area contributed by atoms with Gasteiger partial charge in [-0.15, -0.1) is 0 Å². The van der Waals surface area contributed by atoms with E-state index in [9.17, 15) is 4.79 Å². The molecule has 29 heavy (non-hydrogen) atoms. The van der Waals surface area contributed by atoms with Crippen LogP contribution in [-0.4, -0.2) is 37.0 Å². The maximum absolute atomic E-state index is 12.8. The van der Waals surface area contributed by atoms with Crippen LogP contribution in [0.25, 0.3) is 0 Å². The molecule has 1 fully saturated rings. The van der Waals surface area contributed by atoms with Crippen LogP contribution in [0.5, 0.6) is 5.75 Å². The van der Waals surface area contributed by atoms with Crippen molar-refractivity contribution in [3.8, 4) is 5.75 Å². The SMILES string of the molecule is C[N+]1(Cc2ccccc2)CCC(CCC(=O)c2ccc3c(c2)CCCCO3)CC1. The van der Waals surface area contributed by atoms with E-state index >= 15 is 0 Å². The van der Waals surface area contributed by atoms with Gasteiger partial charge in [-0.25, -0.2) is 0 Å². The smallest absolute Gasteiger partial charge is 0.162 e. The number of hydrogen-bond donors (Lipinski definition) is 0. The van der Waals surface area contributed by atoms with Crippen LogP contribution in [0.1, 0.15) is 60.0 Å². The third-order valence-electron chi connectivity index (χ3n) is 6.82. The Kier molecular flexibility index (Phi) is 6.34. The number of benzene rings is 2. The Labute approximate surface area is 175 Å². The van der Waals surface area contributed by atoms with Crippen molar-refractivity contribution in [1.29, 1.82) is 0 Å². The Morgan fingerprint density at radius 1 is 1.07 bits per heavy atom. The van der Waals surface area contributed by atoms with E-state index < -0.39 is 0 Å². The normalized spacial score (nSPS) is 24.2. The van der Waals surface area contributed by atoms with Crippen LogP contribution < -0.4 is 4.74 Å². The van der Waals surface area contributed by atoms with E-state index in [4.69, 9.17) is 4.74 Å².